The molecule has 2 saturated carbocycles. The van der Waals surface area contributed by atoms with E-state index >= 15 is 0 Å². The first kappa shape index (κ1) is 25.4. The van der Waals surface area contributed by atoms with E-state index in [9.17, 15) is 0 Å². The van der Waals surface area contributed by atoms with Crippen LogP contribution in [0.25, 0.3) is 0 Å². The van der Waals surface area contributed by atoms with Crippen LogP contribution in [0, 0.1) is 11.8 Å². The molecule has 1 saturated heterocycles. The summed E-state index contributed by atoms with van der Waals surface area (Å²) in [5.74, 6) is 3.09. The molecule has 0 spiro atoms. The first-order valence-corrected chi connectivity index (χ1v) is 13.8. The SMILES string of the molecule is C[C@H]1CN(c2nc(N)nc(NC[C@H]3CC[C@H](CNCCCNC4CCCCC4)CC3)n2)CCN1. The van der Waals surface area contributed by atoms with Crippen LogP contribution in [0.1, 0.15) is 71.1 Å². The molecule has 9 nitrogen and oxygen atoms in total. The Morgan fingerprint density at radius 3 is 2.47 bits per heavy atom. The number of rotatable bonds is 11. The van der Waals surface area contributed by atoms with Gasteiger partial charge >= 0.3 is 0 Å². The molecule has 0 radical (unpaired) electrons. The van der Waals surface area contributed by atoms with Crippen LogP contribution in [-0.4, -0.2) is 72.8 Å². The Hall–Kier alpha value is -1.71. The lowest BCUT2D eigenvalue weighted by molar-refractivity contribution is 0.275. The molecule has 2 aliphatic carbocycles. The minimum absolute atomic E-state index is 0.294. The maximum atomic E-state index is 5.99. The monoisotopic (exact) mass is 473 g/mol. The first-order chi connectivity index (χ1) is 16.7. The van der Waals surface area contributed by atoms with E-state index in [0.717, 1.165) is 51.2 Å². The molecule has 0 bridgehead atoms. The van der Waals surface area contributed by atoms with Gasteiger partial charge in [-0.2, -0.15) is 15.0 Å². The predicted molar refractivity (Wildman–Crippen MR) is 140 cm³/mol. The molecular formula is C25H47N9. The van der Waals surface area contributed by atoms with E-state index < -0.39 is 0 Å². The third kappa shape index (κ3) is 8.20. The highest BCUT2D eigenvalue weighted by atomic mass is 15.3. The highest BCUT2D eigenvalue weighted by Gasteiger charge is 2.22. The summed E-state index contributed by atoms with van der Waals surface area (Å²) in [5, 5.41) is 14.3. The van der Waals surface area contributed by atoms with Crippen LogP contribution < -0.4 is 31.9 Å². The Morgan fingerprint density at radius 1 is 0.941 bits per heavy atom. The van der Waals surface area contributed by atoms with Crippen molar-refractivity contribution in [1.29, 1.82) is 0 Å². The number of hydrogen-bond donors (Lipinski definition) is 5. The molecule has 192 valence electrons. The van der Waals surface area contributed by atoms with Gasteiger partial charge in [0, 0.05) is 38.3 Å². The van der Waals surface area contributed by atoms with Gasteiger partial charge in [0.25, 0.3) is 0 Å². The zero-order valence-corrected chi connectivity index (χ0v) is 21.2. The van der Waals surface area contributed by atoms with Crippen molar-refractivity contribution in [3.63, 3.8) is 0 Å². The van der Waals surface area contributed by atoms with Gasteiger partial charge in [-0.25, -0.2) is 0 Å². The minimum atomic E-state index is 0.294. The van der Waals surface area contributed by atoms with Crippen LogP contribution in [0.2, 0.25) is 0 Å². The number of anilines is 3. The first-order valence-electron chi connectivity index (χ1n) is 13.8. The van der Waals surface area contributed by atoms with Crippen molar-refractivity contribution in [1.82, 2.24) is 30.9 Å². The number of aromatic nitrogens is 3. The zero-order chi connectivity index (χ0) is 23.6. The quantitative estimate of drug-likeness (QED) is 0.309. The van der Waals surface area contributed by atoms with Crippen LogP contribution in [0.15, 0.2) is 0 Å². The summed E-state index contributed by atoms with van der Waals surface area (Å²) in [5.41, 5.74) is 5.99. The summed E-state index contributed by atoms with van der Waals surface area (Å²) in [4.78, 5) is 15.5. The third-order valence-corrected chi connectivity index (χ3v) is 7.81. The second-order valence-electron chi connectivity index (χ2n) is 10.7. The molecule has 0 aromatic carbocycles. The minimum Gasteiger partial charge on any atom is -0.368 e. The van der Waals surface area contributed by atoms with Gasteiger partial charge in [0.1, 0.15) is 0 Å². The fraction of sp³-hybridized carbons (Fsp3) is 0.880. The van der Waals surface area contributed by atoms with E-state index in [0.29, 0.717) is 29.8 Å². The molecular weight excluding hydrogens is 426 g/mol. The second kappa shape index (κ2) is 13.4. The summed E-state index contributed by atoms with van der Waals surface area (Å²) in [6.45, 7) is 9.26. The molecule has 1 aliphatic heterocycles. The van der Waals surface area contributed by atoms with E-state index in [1.165, 1.54) is 70.8 Å². The highest BCUT2D eigenvalue weighted by molar-refractivity contribution is 5.42. The van der Waals surface area contributed by atoms with Gasteiger partial charge in [-0.1, -0.05) is 19.3 Å². The third-order valence-electron chi connectivity index (χ3n) is 7.81. The van der Waals surface area contributed by atoms with E-state index in [1.54, 1.807) is 0 Å². The van der Waals surface area contributed by atoms with Crippen molar-refractivity contribution in [2.45, 2.75) is 83.2 Å². The van der Waals surface area contributed by atoms with Crippen LogP contribution in [0.5, 0.6) is 0 Å². The molecule has 0 amide bonds. The normalized spacial score (nSPS) is 26.5. The number of nitrogens with zero attached hydrogens (tertiary/aromatic N) is 4. The Morgan fingerprint density at radius 2 is 1.71 bits per heavy atom. The van der Waals surface area contributed by atoms with Crippen LogP contribution >= 0.6 is 0 Å². The summed E-state index contributed by atoms with van der Waals surface area (Å²) in [6.07, 6.45) is 13.4. The van der Waals surface area contributed by atoms with E-state index in [4.69, 9.17) is 5.73 Å². The molecule has 34 heavy (non-hydrogen) atoms. The van der Waals surface area contributed by atoms with E-state index in [2.05, 4.69) is 48.0 Å². The van der Waals surface area contributed by atoms with Crippen molar-refractivity contribution in [3.8, 4) is 0 Å². The van der Waals surface area contributed by atoms with Crippen molar-refractivity contribution in [3.05, 3.63) is 0 Å². The Balaban J connectivity index is 1.09. The maximum absolute atomic E-state index is 5.99. The molecule has 1 atom stereocenters. The van der Waals surface area contributed by atoms with Crippen molar-refractivity contribution in [2.75, 3.05) is 61.8 Å². The summed E-state index contributed by atoms with van der Waals surface area (Å²) in [6, 6.07) is 1.20. The van der Waals surface area contributed by atoms with Gasteiger partial charge in [-0.05, 0) is 83.3 Å². The molecule has 3 fully saturated rings. The van der Waals surface area contributed by atoms with Gasteiger partial charge in [0.15, 0.2) is 0 Å². The van der Waals surface area contributed by atoms with Crippen molar-refractivity contribution >= 4 is 17.8 Å². The molecule has 3 aliphatic rings. The summed E-state index contributed by atoms with van der Waals surface area (Å²) >= 11 is 0. The number of nitrogens with two attached hydrogens (primary N) is 1. The molecule has 1 aromatic heterocycles. The maximum Gasteiger partial charge on any atom is 0.232 e. The van der Waals surface area contributed by atoms with Gasteiger partial charge in [-0.15, -0.1) is 0 Å². The number of piperazine rings is 1. The van der Waals surface area contributed by atoms with E-state index in [1.807, 2.05) is 0 Å². The average Bonchev–Trinajstić information content (AvgIpc) is 2.86. The number of hydrogen-bond acceptors (Lipinski definition) is 9. The topological polar surface area (TPSA) is 116 Å². The summed E-state index contributed by atoms with van der Waals surface area (Å²) < 4.78 is 0. The van der Waals surface area contributed by atoms with Gasteiger partial charge in [0.2, 0.25) is 17.8 Å². The summed E-state index contributed by atoms with van der Waals surface area (Å²) in [7, 11) is 0. The van der Waals surface area contributed by atoms with Crippen molar-refractivity contribution in [2.24, 2.45) is 11.8 Å². The molecule has 4 rings (SSSR count). The highest BCUT2D eigenvalue weighted by Crippen LogP contribution is 2.28. The lowest BCUT2D eigenvalue weighted by Crippen LogP contribution is -2.50. The van der Waals surface area contributed by atoms with Gasteiger partial charge in [0.05, 0.1) is 0 Å². The Bertz CT molecular complexity index is 716. The average molecular weight is 474 g/mol. The number of nitrogens with one attached hydrogen (secondary N) is 4. The van der Waals surface area contributed by atoms with Crippen LogP contribution in [0.4, 0.5) is 17.8 Å². The molecule has 2 heterocycles. The van der Waals surface area contributed by atoms with Crippen LogP contribution in [-0.2, 0) is 0 Å². The fourth-order valence-electron chi connectivity index (χ4n) is 5.72. The zero-order valence-electron chi connectivity index (χ0n) is 21.2. The number of nitrogen functional groups attached to an aromatic ring is 1. The molecule has 6 N–H and O–H groups in total. The largest absolute Gasteiger partial charge is 0.368 e. The smallest absolute Gasteiger partial charge is 0.232 e. The lowest BCUT2D eigenvalue weighted by atomic mass is 9.82. The van der Waals surface area contributed by atoms with Crippen LogP contribution in [0.3, 0.4) is 0 Å². The molecule has 0 unspecified atom stereocenters. The molecule has 1 aromatic rings. The standard InChI is InChI=1S/C25H47N9/c1-19-18-34(15-14-28-19)25-32-23(26)31-24(33-25)30-17-21-10-8-20(9-11-21)16-27-12-5-13-29-22-6-3-2-4-7-22/h19-22,27-29H,2-18H2,1H3,(H3,26,30,31,32,33)/t19-,20-,21-/m0/s1. The van der Waals surface area contributed by atoms with Crippen molar-refractivity contribution < 1.29 is 0 Å². The molecule has 9 heteroatoms. The fourth-order valence-corrected chi connectivity index (χ4v) is 5.72. The van der Waals surface area contributed by atoms with Gasteiger partial charge < -0.3 is 31.9 Å². The predicted octanol–water partition coefficient (Wildman–Crippen LogP) is 2.37. The van der Waals surface area contributed by atoms with Gasteiger partial charge in [-0.3, -0.25) is 0 Å². The van der Waals surface area contributed by atoms with E-state index in [-0.39, 0.29) is 0 Å². The lowest BCUT2D eigenvalue weighted by Gasteiger charge is -2.32. The Kier molecular flexibility index (Phi) is 10.0. The second-order valence-corrected chi connectivity index (χ2v) is 10.7. The Labute approximate surface area is 205 Å².